The highest BCUT2D eigenvalue weighted by Gasteiger charge is 2.45. The van der Waals surface area contributed by atoms with Crippen molar-refractivity contribution in [3.8, 4) is 18.0 Å². The maximum atomic E-state index is 12.3. The van der Waals surface area contributed by atoms with Gasteiger partial charge in [0.05, 0.1) is 25.4 Å². The highest BCUT2D eigenvalue weighted by molar-refractivity contribution is 5.84. The van der Waals surface area contributed by atoms with Gasteiger partial charge in [-0.1, -0.05) is 6.07 Å². The van der Waals surface area contributed by atoms with Crippen LogP contribution in [0.15, 0.2) is 18.3 Å². The van der Waals surface area contributed by atoms with Crippen molar-refractivity contribution in [3.63, 3.8) is 0 Å². The van der Waals surface area contributed by atoms with Crippen LogP contribution in [0.2, 0.25) is 0 Å². The van der Waals surface area contributed by atoms with Crippen LogP contribution in [-0.4, -0.2) is 24.2 Å². The molecule has 6 nitrogen and oxygen atoms in total. The van der Waals surface area contributed by atoms with Crippen molar-refractivity contribution in [1.82, 2.24) is 4.98 Å². The summed E-state index contributed by atoms with van der Waals surface area (Å²) in [6.07, 6.45) is 1.43. The number of hydrogen-bond donors (Lipinski definition) is 0. The van der Waals surface area contributed by atoms with Crippen LogP contribution in [0.5, 0.6) is 5.88 Å². The van der Waals surface area contributed by atoms with E-state index < -0.39 is 17.3 Å². The second kappa shape index (κ2) is 7.25. The molecule has 0 saturated heterocycles. The van der Waals surface area contributed by atoms with Gasteiger partial charge in [-0.05, 0) is 26.3 Å². The van der Waals surface area contributed by atoms with Gasteiger partial charge >= 0.3 is 5.97 Å². The molecule has 1 atom stereocenters. The molecule has 0 unspecified atom stereocenters. The van der Waals surface area contributed by atoms with Gasteiger partial charge in [-0.15, -0.1) is 0 Å². The predicted molar refractivity (Wildman–Crippen MR) is 74.1 cm³/mol. The van der Waals surface area contributed by atoms with E-state index in [4.69, 9.17) is 20.0 Å². The summed E-state index contributed by atoms with van der Waals surface area (Å²) in [7, 11) is 0. The van der Waals surface area contributed by atoms with E-state index in [2.05, 4.69) is 4.98 Å². The van der Waals surface area contributed by atoms with Crippen molar-refractivity contribution in [2.45, 2.75) is 26.2 Å². The number of pyridine rings is 1. The van der Waals surface area contributed by atoms with Crippen LogP contribution in [0.1, 0.15) is 26.3 Å². The van der Waals surface area contributed by atoms with Gasteiger partial charge in [0, 0.05) is 12.3 Å². The molecule has 110 valence electrons. The third-order valence-electron chi connectivity index (χ3n) is 3.16. The molecule has 0 aliphatic rings. The van der Waals surface area contributed by atoms with Crippen molar-refractivity contribution in [1.29, 1.82) is 10.5 Å². The Labute approximate surface area is 123 Å². The largest absolute Gasteiger partial charge is 0.478 e. The highest BCUT2D eigenvalue weighted by atomic mass is 16.5. The lowest BCUT2D eigenvalue weighted by molar-refractivity contribution is -0.150. The van der Waals surface area contributed by atoms with Crippen molar-refractivity contribution in [2.75, 3.05) is 13.2 Å². The molecule has 1 heterocycles. The minimum atomic E-state index is -1.39. The first-order valence-electron chi connectivity index (χ1n) is 6.60. The van der Waals surface area contributed by atoms with Crippen LogP contribution >= 0.6 is 0 Å². The maximum absolute atomic E-state index is 12.3. The van der Waals surface area contributed by atoms with Crippen molar-refractivity contribution in [2.24, 2.45) is 5.92 Å². The Morgan fingerprint density at radius 3 is 2.43 bits per heavy atom. The third-order valence-corrected chi connectivity index (χ3v) is 3.16. The van der Waals surface area contributed by atoms with E-state index >= 15 is 0 Å². The van der Waals surface area contributed by atoms with Crippen LogP contribution in [0.4, 0.5) is 0 Å². The van der Waals surface area contributed by atoms with E-state index in [9.17, 15) is 4.79 Å². The fourth-order valence-electron chi connectivity index (χ4n) is 1.89. The molecule has 0 radical (unpaired) electrons. The van der Waals surface area contributed by atoms with E-state index in [1.165, 1.54) is 13.1 Å². The molecular formula is C15H17N3O3. The Balaban J connectivity index is 3.27. The Morgan fingerprint density at radius 2 is 2.00 bits per heavy atom. The lowest BCUT2D eigenvalue weighted by Gasteiger charge is -2.28. The molecule has 6 heteroatoms. The van der Waals surface area contributed by atoms with E-state index in [1.54, 1.807) is 19.1 Å². The smallest absolute Gasteiger partial charge is 0.318 e. The van der Waals surface area contributed by atoms with Crippen molar-refractivity contribution >= 4 is 5.97 Å². The summed E-state index contributed by atoms with van der Waals surface area (Å²) in [5.41, 5.74) is -0.949. The quantitative estimate of drug-likeness (QED) is 0.742. The van der Waals surface area contributed by atoms with E-state index in [0.29, 0.717) is 18.1 Å². The third kappa shape index (κ3) is 3.29. The van der Waals surface area contributed by atoms with Crippen LogP contribution < -0.4 is 4.74 Å². The van der Waals surface area contributed by atoms with Gasteiger partial charge in [0.25, 0.3) is 0 Å². The number of nitrogens with zero attached hydrogens (tertiary/aromatic N) is 3. The number of carbonyl (C=O) groups is 1. The molecule has 0 N–H and O–H groups in total. The fraction of sp³-hybridized carbons (Fsp3) is 0.467. The average Bonchev–Trinajstić information content (AvgIpc) is 2.49. The van der Waals surface area contributed by atoms with E-state index in [-0.39, 0.29) is 6.61 Å². The zero-order valence-corrected chi connectivity index (χ0v) is 12.3. The summed E-state index contributed by atoms with van der Waals surface area (Å²) >= 11 is 0. The second-order valence-corrected chi connectivity index (χ2v) is 4.43. The SMILES string of the molecule is CCOC(=O)[C@](C)(c1ccc(OCC)nc1)C(C#N)C#N. The lowest BCUT2D eigenvalue weighted by atomic mass is 9.73. The highest BCUT2D eigenvalue weighted by Crippen LogP contribution is 2.33. The average molecular weight is 287 g/mol. The van der Waals surface area contributed by atoms with Gasteiger partial charge in [-0.2, -0.15) is 10.5 Å². The number of aromatic nitrogens is 1. The number of ether oxygens (including phenoxy) is 2. The molecule has 0 fully saturated rings. The van der Waals surface area contributed by atoms with Gasteiger partial charge in [-0.25, -0.2) is 4.98 Å². The Morgan fingerprint density at radius 1 is 1.33 bits per heavy atom. The van der Waals surface area contributed by atoms with Crippen molar-refractivity contribution in [3.05, 3.63) is 23.9 Å². The molecule has 1 aromatic rings. The first-order chi connectivity index (χ1) is 10.0. The zero-order chi connectivity index (χ0) is 15.9. The topological polar surface area (TPSA) is 96.0 Å². The Kier molecular flexibility index (Phi) is 5.68. The van der Waals surface area contributed by atoms with Gasteiger partial charge in [-0.3, -0.25) is 4.79 Å². The van der Waals surface area contributed by atoms with Gasteiger partial charge < -0.3 is 9.47 Å². The molecule has 0 spiro atoms. The number of carbonyl (C=O) groups excluding carboxylic acids is 1. The fourth-order valence-corrected chi connectivity index (χ4v) is 1.89. The van der Waals surface area contributed by atoms with E-state index in [0.717, 1.165) is 0 Å². The molecule has 0 bridgehead atoms. The minimum absolute atomic E-state index is 0.169. The lowest BCUT2D eigenvalue weighted by Crippen LogP contribution is -2.40. The summed E-state index contributed by atoms with van der Waals surface area (Å²) in [6, 6.07) is 6.92. The molecule has 0 saturated carbocycles. The predicted octanol–water partition coefficient (Wildman–Crippen LogP) is 1.96. The molecule has 0 aliphatic carbocycles. The van der Waals surface area contributed by atoms with Crippen LogP contribution in [0, 0.1) is 28.6 Å². The number of nitriles is 2. The molecule has 1 rings (SSSR count). The molecular weight excluding hydrogens is 270 g/mol. The summed E-state index contributed by atoms with van der Waals surface area (Å²) in [6.45, 7) is 5.66. The molecule has 1 aromatic heterocycles. The Hall–Kier alpha value is -2.60. The first-order valence-corrected chi connectivity index (χ1v) is 6.60. The number of esters is 1. The van der Waals surface area contributed by atoms with Gasteiger partial charge in [0.15, 0.2) is 5.92 Å². The second-order valence-electron chi connectivity index (χ2n) is 4.43. The summed E-state index contributed by atoms with van der Waals surface area (Å²) in [4.78, 5) is 16.3. The summed E-state index contributed by atoms with van der Waals surface area (Å²) < 4.78 is 10.3. The molecule has 0 amide bonds. The zero-order valence-electron chi connectivity index (χ0n) is 12.3. The molecule has 0 aromatic carbocycles. The number of rotatable bonds is 6. The van der Waals surface area contributed by atoms with Crippen LogP contribution in [-0.2, 0) is 14.9 Å². The molecule has 21 heavy (non-hydrogen) atoms. The van der Waals surface area contributed by atoms with Gasteiger partial charge in [0.2, 0.25) is 5.88 Å². The van der Waals surface area contributed by atoms with Crippen LogP contribution in [0.25, 0.3) is 0 Å². The Bertz CT molecular complexity index is 557. The molecule has 0 aliphatic heterocycles. The summed E-state index contributed by atoms with van der Waals surface area (Å²) in [5, 5.41) is 18.3. The maximum Gasteiger partial charge on any atom is 0.318 e. The standard InChI is InChI=1S/C15H17N3O3/c1-4-20-13-7-6-11(10-18-13)15(3,12(8-16)9-17)14(19)21-5-2/h6-7,10,12H,4-5H2,1-3H3/t15-/m1/s1. The normalized spacial score (nSPS) is 12.9. The minimum Gasteiger partial charge on any atom is -0.478 e. The number of hydrogen-bond acceptors (Lipinski definition) is 6. The van der Waals surface area contributed by atoms with Crippen LogP contribution in [0.3, 0.4) is 0 Å². The van der Waals surface area contributed by atoms with Crippen molar-refractivity contribution < 1.29 is 14.3 Å². The summed E-state index contributed by atoms with van der Waals surface area (Å²) in [5.74, 6) is -1.38. The van der Waals surface area contributed by atoms with Gasteiger partial charge in [0.1, 0.15) is 5.41 Å². The van der Waals surface area contributed by atoms with E-state index in [1.807, 2.05) is 19.1 Å². The monoisotopic (exact) mass is 287 g/mol. The first kappa shape index (κ1) is 16.5.